The minimum Gasteiger partial charge on any atom is -0.494 e. The quantitative estimate of drug-likeness (QED) is 0.485. The second kappa shape index (κ2) is 13.5. The number of nitrogens with two attached hydrogens (primary N) is 1. The second-order valence-electron chi connectivity index (χ2n) is 9.16. The number of amides is 1. The lowest BCUT2D eigenvalue weighted by Crippen LogP contribution is -2.53. The predicted molar refractivity (Wildman–Crippen MR) is 125 cm³/mol. The van der Waals surface area contributed by atoms with Crippen LogP contribution in [0.5, 0.6) is 5.75 Å². The van der Waals surface area contributed by atoms with Crippen molar-refractivity contribution >= 4 is 11.7 Å². The fourth-order valence-electron chi connectivity index (χ4n) is 3.97. The van der Waals surface area contributed by atoms with E-state index >= 15 is 0 Å². The first-order valence-corrected chi connectivity index (χ1v) is 11.8. The van der Waals surface area contributed by atoms with Crippen LogP contribution >= 0.6 is 0 Å². The highest BCUT2D eigenvalue weighted by Crippen LogP contribution is 2.15. The first-order valence-electron chi connectivity index (χ1n) is 11.8. The number of hydrogen-bond donors (Lipinski definition) is 1. The van der Waals surface area contributed by atoms with Crippen LogP contribution in [0.2, 0.25) is 0 Å². The first-order chi connectivity index (χ1) is 14.8. The van der Waals surface area contributed by atoms with Crippen LogP contribution in [0.25, 0.3) is 0 Å². The molecule has 1 heterocycles. The highest BCUT2D eigenvalue weighted by atomic mass is 16.5. The van der Waals surface area contributed by atoms with Crippen molar-refractivity contribution in [2.75, 3.05) is 39.3 Å². The number of benzene rings is 1. The van der Waals surface area contributed by atoms with E-state index in [0.717, 1.165) is 70.6 Å². The molecule has 1 aromatic carbocycles. The number of nitrogens with zero attached hydrogens (tertiary/aromatic N) is 2. The standard InChI is InChI=1S/C25H41N3O3/c1-20(2)19-24(26)25(30)28-16-14-27(15-17-28)13-6-18-31-23-11-9-22(10-12-23)8-5-4-7-21(3)29/h9-12,20,24H,4-8,13-19,26H2,1-3H3/t24-/m0/s1. The molecule has 1 amide bonds. The summed E-state index contributed by atoms with van der Waals surface area (Å²) in [5.74, 6) is 1.71. The molecule has 0 unspecified atom stereocenters. The van der Waals surface area contributed by atoms with E-state index in [4.69, 9.17) is 10.5 Å². The molecule has 1 atom stereocenters. The van der Waals surface area contributed by atoms with Crippen molar-refractivity contribution in [2.45, 2.75) is 65.3 Å². The Kier molecular flexibility index (Phi) is 11.0. The summed E-state index contributed by atoms with van der Waals surface area (Å²) in [6.07, 6.45) is 5.40. The van der Waals surface area contributed by atoms with Gasteiger partial charge >= 0.3 is 0 Å². The maximum absolute atomic E-state index is 12.4. The molecule has 0 spiro atoms. The summed E-state index contributed by atoms with van der Waals surface area (Å²) in [6, 6.07) is 7.93. The molecule has 1 aliphatic rings. The van der Waals surface area contributed by atoms with Crippen LogP contribution in [0.1, 0.15) is 58.4 Å². The van der Waals surface area contributed by atoms with Crippen LogP contribution in [0.4, 0.5) is 0 Å². The van der Waals surface area contributed by atoms with Crippen molar-refractivity contribution < 1.29 is 14.3 Å². The normalized spacial score (nSPS) is 15.8. The summed E-state index contributed by atoms with van der Waals surface area (Å²) in [4.78, 5) is 27.7. The number of rotatable bonds is 13. The summed E-state index contributed by atoms with van der Waals surface area (Å²) in [5.41, 5.74) is 7.34. The third-order valence-electron chi connectivity index (χ3n) is 5.78. The van der Waals surface area contributed by atoms with E-state index in [2.05, 4.69) is 30.9 Å². The summed E-state index contributed by atoms with van der Waals surface area (Å²) in [7, 11) is 0. The van der Waals surface area contributed by atoms with Crippen molar-refractivity contribution in [2.24, 2.45) is 11.7 Å². The van der Waals surface area contributed by atoms with Crippen LogP contribution in [0.15, 0.2) is 24.3 Å². The number of carbonyl (C=O) groups is 2. The van der Waals surface area contributed by atoms with Gasteiger partial charge in [0.2, 0.25) is 5.91 Å². The minimum absolute atomic E-state index is 0.0963. The van der Waals surface area contributed by atoms with Crippen molar-refractivity contribution in [1.29, 1.82) is 0 Å². The molecule has 0 bridgehead atoms. The van der Waals surface area contributed by atoms with Gasteiger partial charge in [0.15, 0.2) is 0 Å². The molecular weight excluding hydrogens is 390 g/mol. The number of Topliss-reactive ketones (excluding diaryl/α,β-unsaturated/α-hetero) is 1. The molecule has 2 N–H and O–H groups in total. The average Bonchev–Trinajstić information content (AvgIpc) is 2.74. The predicted octanol–water partition coefficient (Wildman–Crippen LogP) is 3.27. The van der Waals surface area contributed by atoms with Gasteiger partial charge < -0.3 is 20.2 Å². The van der Waals surface area contributed by atoms with Crippen LogP contribution in [0, 0.1) is 5.92 Å². The highest BCUT2D eigenvalue weighted by molar-refractivity contribution is 5.81. The van der Waals surface area contributed by atoms with Gasteiger partial charge in [0.25, 0.3) is 0 Å². The number of carbonyl (C=O) groups excluding carboxylic acids is 2. The molecule has 31 heavy (non-hydrogen) atoms. The molecule has 1 fully saturated rings. The first kappa shape index (κ1) is 25.3. The van der Waals surface area contributed by atoms with Crippen molar-refractivity contribution in [1.82, 2.24) is 9.80 Å². The maximum Gasteiger partial charge on any atom is 0.239 e. The molecule has 0 aromatic heterocycles. The number of piperazine rings is 1. The Morgan fingerprint density at radius 3 is 2.32 bits per heavy atom. The lowest BCUT2D eigenvalue weighted by atomic mass is 10.0. The zero-order valence-corrected chi connectivity index (χ0v) is 19.6. The number of hydrogen-bond acceptors (Lipinski definition) is 5. The Labute approximate surface area is 188 Å². The Hall–Kier alpha value is -1.92. The SMILES string of the molecule is CC(=O)CCCCc1ccc(OCCCN2CCN(C(=O)[C@@H](N)CC(C)C)CC2)cc1. The van der Waals surface area contributed by atoms with Crippen LogP contribution in [-0.4, -0.2) is 66.9 Å². The van der Waals surface area contributed by atoms with Gasteiger partial charge in [-0.25, -0.2) is 0 Å². The molecule has 2 rings (SSSR count). The fraction of sp³-hybridized carbons (Fsp3) is 0.680. The minimum atomic E-state index is -0.369. The van der Waals surface area contributed by atoms with Gasteiger partial charge in [-0.3, -0.25) is 9.69 Å². The molecule has 1 aromatic rings. The summed E-state index contributed by atoms with van der Waals surface area (Å²) in [6.45, 7) is 10.8. The van der Waals surface area contributed by atoms with E-state index in [1.807, 2.05) is 17.0 Å². The van der Waals surface area contributed by atoms with Crippen LogP contribution in [0.3, 0.4) is 0 Å². The molecule has 0 radical (unpaired) electrons. The molecule has 6 heteroatoms. The van der Waals surface area contributed by atoms with E-state index in [1.165, 1.54) is 5.56 Å². The number of unbranched alkanes of at least 4 members (excludes halogenated alkanes) is 1. The molecule has 0 aliphatic carbocycles. The monoisotopic (exact) mass is 431 g/mol. The number of aryl methyl sites for hydroxylation is 1. The summed E-state index contributed by atoms with van der Waals surface area (Å²) in [5, 5.41) is 0. The fourth-order valence-corrected chi connectivity index (χ4v) is 3.97. The van der Waals surface area contributed by atoms with E-state index in [9.17, 15) is 9.59 Å². The zero-order chi connectivity index (χ0) is 22.6. The van der Waals surface area contributed by atoms with Crippen molar-refractivity contribution in [3.8, 4) is 5.75 Å². The third-order valence-corrected chi connectivity index (χ3v) is 5.78. The summed E-state index contributed by atoms with van der Waals surface area (Å²) < 4.78 is 5.88. The van der Waals surface area contributed by atoms with Crippen molar-refractivity contribution in [3.63, 3.8) is 0 Å². The zero-order valence-electron chi connectivity index (χ0n) is 19.6. The smallest absolute Gasteiger partial charge is 0.239 e. The Morgan fingerprint density at radius 2 is 1.71 bits per heavy atom. The lowest BCUT2D eigenvalue weighted by molar-refractivity contribution is -0.134. The Morgan fingerprint density at radius 1 is 1.03 bits per heavy atom. The van der Waals surface area contributed by atoms with Crippen LogP contribution in [-0.2, 0) is 16.0 Å². The third kappa shape index (κ3) is 9.83. The van der Waals surface area contributed by atoms with E-state index in [0.29, 0.717) is 18.9 Å². The average molecular weight is 432 g/mol. The van der Waals surface area contributed by atoms with Gasteiger partial charge in [0.05, 0.1) is 12.6 Å². The topological polar surface area (TPSA) is 75.9 Å². The van der Waals surface area contributed by atoms with Crippen LogP contribution < -0.4 is 10.5 Å². The maximum atomic E-state index is 12.4. The van der Waals surface area contributed by atoms with Gasteiger partial charge in [-0.15, -0.1) is 0 Å². The van der Waals surface area contributed by atoms with Gasteiger partial charge in [-0.1, -0.05) is 26.0 Å². The summed E-state index contributed by atoms with van der Waals surface area (Å²) >= 11 is 0. The van der Waals surface area contributed by atoms with Crippen molar-refractivity contribution in [3.05, 3.63) is 29.8 Å². The Bertz CT molecular complexity index is 667. The van der Waals surface area contributed by atoms with Gasteiger partial charge in [0, 0.05) is 39.1 Å². The molecule has 0 saturated carbocycles. The molecular formula is C25H41N3O3. The highest BCUT2D eigenvalue weighted by Gasteiger charge is 2.25. The van der Waals surface area contributed by atoms with Gasteiger partial charge in [0.1, 0.15) is 11.5 Å². The lowest BCUT2D eigenvalue weighted by Gasteiger charge is -2.36. The number of ether oxygens (including phenoxy) is 1. The molecule has 1 saturated heterocycles. The molecule has 6 nitrogen and oxygen atoms in total. The molecule has 174 valence electrons. The van der Waals surface area contributed by atoms with Gasteiger partial charge in [-0.05, 0) is 62.6 Å². The van der Waals surface area contributed by atoms with E-state index in [1.54, 1.807) is 6.92 Å². The van der Waals surface area contributed by atoms with E-state index in [-0.39, 0.29) is 17.7 Å². The second-order valence-corrected chi connectivity index (χ2v) is 9.16. The molecule has 1 aliphatic heterocycles. The number of ketones is 1. The Balaban J connectivity index is 1.58. The van der Waals surface area contributed by atoms with E-state index < -0.39 is 0 Å². The largest absolute Gasteiger partial charge is 0.494 e. The van der Waals surface area contributed by atoms with Gasteiger partial charge in [-0.2, -0.15) is 0 Å².